The monoisotopic (exact) mass is 840 g/mol. The molecule has 2 heterocycles. The maximum atomic E-state index is 6.54. The highest BCUT2D eigenvalue weighted by Crippen LogP contribution is 2.51. The number of hydrogen-bond acceptors (Lipinski definition) is 4. The molecule has 306 valence electrons. The standard InChI is InChI=1S/C60H44N2OS/c1-6-20-41(21-7-1)36-52(42-22-8-2-9-23-42)53-37-47(61(43-24-10-3-11-25-43)46-34-35-50-49-31-18-19-33-56(49)63-57(50)38-46)39-58-59(53)54-40-55(48-30-16-17-32-51(48)60(54)64-58)62(44-26-12-4-13-27-44)45-28-14-5-15-29-45/h1-10,12-24,26-35,37-40,52H,11,25,36H2. The van der Waals surface area contributed by atoms with Gasteiger partial charge in [0.15, 0.2) is 0 Å². The van der Waals surface area contributed by atoms with Crippen molar-refractivity contribution in [3.63, 3.8) is 0 Å². The van der Waals surface area contributed by atoms with E-state index in [-0.39, 0.29) is 5.92 Å². The first-order chi connectivity index (χ1) is 31.7. The Morgan fingerprint density at radius 1 is 0.500 bits per heavy atom. The average molecular weight is 841 g/mol. The number of nitrogens with zero attached hydrogens (tertiary/aromatic N) is 2. The Hall–Kier alpha value is -7.66. The zero-order chi connectivity index (χ0) is 42.4. The molecule has 0 saturated heterocycles. The lowest BCUT2D eigenvalue weighted by atomic mass is 9.83. The number of rotatable bonds is 10. The van der Waals surface area contributed by atoms with E-state index in [2.05, 4.69) is 228 Å². The largest absolute Gasteiger partial charge is 0.456 e. The molecule has 12 rings (SSSR count). The fourth-order valence-electron chi connectivity index (χ4n) is 9.95. The van der Waals surface area contributed by atoms with Crippen molar-refractivity contribution >= 4 is 92.7 Å². The summed E-state index contributed by atoms with van der Waals surface area (Å²) >= 11 is 1.92. The Labute approximate surface area is 377 Å². The Balaban J connectivity index is 1.17. The van der Waals surface area contributed by atoms with Crippen molar-refractivity contribution in [2.75, 3.05) is 9.80 Å². The van der Waals surface area contributed by atoms with Crippen LogP contribution in [-0.2, 0) is 6.42 Å². The Kier molecular flexibility index (Phi) is 9.65. The molecule has 0 bridgehead atoms. The number of hydrogen-bond donors (Lipinski definition) is 0. The van der Waals surface area contributed by atoms with Crippen LogP contribution in [0.2, 0.25) is 0 Å². The first-order valence-electron chi connectivity index (χ1n) is 22.2. The Morgan fingerprint density at radius 3 is 1.86 bits per heavy atom. The Bertz CT molecular complexity index is 3490. The quantitative estimate of drug-likeness (QED) is 0.137. The lowest BCUT2D eigenvalue weighted by Gasteiger charge is -2.30. The summed E-state index contributed by atoms with van der Waals surface area (Å²) in [5, 5.41) is 7.34. The van der Waals surface area contributed by atoms with Gasteiger partial charge in [-0.2, -0.15) is 0 Å². The molecule has 9 aromatic carbocycles. The number of furan rings is 1. The second kappa shape index (κ2) is 16.2. The molecule has 3 nitrogen and oxygen atoms in total. The lowest BCUT2D eigenvalue weighted by Crippen LogP contribution is -2.18. The molecule has 1 unspecified atom stereocenters. The van der Waals surface area contributed by atoms with Crippen molar-refractivity contribution in [2.24, 2.45) is 0 Å². The molecule has 11 aromatic rings. The lowest BCUT2D eigenvalue weighted by molar-refractivity contribution is 0.669. The fourth-order valence-corrected chi connectivity index (χ4v) is 11.2. The van der Waals surface area contributed by atoms with E-state index in [1.807, 2.05) is 17.4 Å². The van der Waals surface area contributed by atoms with Gasteiger partial charge in [0.05, 0.1) is 5.69 Å². The highest BCUT2D eigenvalue weighted by atomic mass is 32.1. The normalized spacial score (nSPS) is 13.2. The first-order valence-corrected chi connectivity index (χ1v) is 23.0. The van der Waals surface area contributed by atoms with Gasteiger partial charge in [-0.15, -0.1) is 11.3 Å². The van der Waals surface area contributed by atoms with Crippen LogP contribution < -0.4 is 9.80 Å². The molecule has 1 aliphatic rings. The van der Waals surface area contributed by atoms with Crippen molar-refractivity contribution < 1.29 is 4.42 Å². The van der Waals surface area contributed by atoms with Gasteiger partial charge in [-0.05, 0) is 103 Å². The van der Waals surface area contributed by atoms with Crippen LogP contribution in [0.5, 0.6) is 0 Å². The summed E-state index contributed by atoms with van der Waals surface area (Å²) in [5.41, 5.74) is 12.7. The van der Waals surface area contributed by atoms with Crippen molar-refractivity contribution in [2.45, 2.75) is 25.2 Å². The van der Waals surface area contributed by atoms with Crippen LogP contribution in [0.1, 0.15) is 35.4 Å². The van der Waals surface area contributed by atoms with E-state index < -0.39 is 0 Å². The van der Waals surface area contributed by atoms with Crippen LogP contribution in [0.25, 0.3) is 52.9 Å². The van der Waals surface area contributed by atoms with Crippen LogP contribution in [0.4, 0.5) is 28.4 Å². The van der Waals surface area contributed by atoms with Crippen LogP contribution in [-0.4, -0.2) is 0 Å². The van der Waals surface area contributed by atoms with Gasteiger partial charge in [-0.25, -0.2) is 0 Å². The van der Waals surface area contributed by atoms with Gasteiger partial charge in [0.25, 0.3) is 0 Å². The molecule has 0 radical (unpaired) electrons. The highest BCUT2D eigenvalue weighted by molar-refractivity contribution is 7.26. The van der Waals surface area contributed by atoms with Crippen LogP contribution in [0, 0.1) is 0 Å². The maximum Gasteiger partial charge on any atom is 0.137 e. The third-order valence-corrected chi connectivity index (χ3v) is 14.0. The number of anilines is 5. The average Bonchev–Trinajstić information content (AvgIpc) is 3.93. The SMILES string of the molecule is C1=CCCC(N(c2ccc3c(c2)oc2ccccc23)c2cc(C(Cc3ccccc3)c3ccccc3)c3c(c2)sc2c4ccccc4c(N(c4ccccc4)c4ccccc4)cc23)=C1. The smallest absolute Gasteiger partial charge is 0.137 e. The summed E-state index contributed by atoms with van der Waals surface area (Å²) in [6, 6.07) is 75.3. The van der Waals surface area contributed by atoms with Gasteiger partial charge in [0.1, 0.15) is 11.2 Å². The van der Waals surface area contributed by atoms with E-state index in [4.69, 9.17) is 4.42 Å². The maximum absolute atomic E-state index is 6.54. The zero-order valence-electron chi connectivity index (χ0n) is 35.3. The van der Waals surface area contributed by atoms with Crippen LogP contribution in [0.3, 0.4) is 0 Å². The summed E-state index contributed by atoms with van der Waals surface area (Å²) in [5.74, 6) is 0.0676. The van der Waals surface area contributed by atoms with Crippen LogP contribution >= 0.6 is 11.3 Å². The minimum Gasteiger partial charge on any atom is -0.456 e. The summed E-state index contributed by atoms with van der Waals surface area (Å²) in [7, 11) is 0. The van der Waals surface area contributed by atoms with Gasteiger partial charge in [-0.3, -0.25) is 0 Å². The topological polar surface area (TPSA) is 19.6 Å². The van der Waals surface area contributed by atoms with E-state index in [0.717, 1.165) is 69.6 Å². The third-order valence-electron chi connectivity index (χ3n) is 12.9. The summed E-state index contributed by atoms with van der Waals surface area (Å²) in [6.07, 6.45) is 9.56. The fraction of sp³-hybridized carbons (Fsp3) is 0.0667. The molecule has 1 aliphatic carbocycles. The molecular formula is C60H44N2OS. The second-order valence-corrected chi connectivity index (χ2v) is 17.8. The summed E-state index contributed by atoms with van der Waals surface area (Å²) < 4.78 is 9.11. The number of allylic oxidation sites excluding steroid dienone is 4. The minimum atomic E-state index is 0.0676. The number of para-hydroxylation sites is 3. The predicted molar refractivity (Wildman–Crippen MR) is 272 cm³/mol. The van der Waals surface area contributed by atoms with E-state index in [0.29, 0.717) is 0 Å². The van der Waals surface area contributed by atoms with Gasteiger partial charge < -0.3 is 14.2 Å². The molecule has 0 aliphatic heterocycles. The molecule has 0 fully saturated rings. The molecule has 0 amide bonds. The van der Waals surface area contributed by atoms with Crippen molar-refractivity contribution in [1.29, 1.82) is 0 Å². The van der Waals surface area contributed by atoms with E-state index >= 15 is 0 Å². The second-order valence-electron chi connectivity index (χ2n) is 16.7. The minimum absolute atomic E-state index is 0.0676. The predicted octanol–water partition coefficient (Wildman–Crippen LogP) is 17.3. The number of fused-ring (bicyclic) bond motifs is 8. The van der Waals surface area contributed by atoms with E-state index in [1.54, 1.807) is 0 Å². The molecule has 2 aromatic heterocycles. The van der Waals surface area contributed by atoms with Gasteiger partial charge >= 0.3 is 0 Å². The van der Waals surface area contributed by atoms with Gasteiger partial charge in [-0.1, -0.05) is 152 Å². The summed E-state index contributed by atoms with van der Waals surface area (Å²) in [4.78, 5) is 4.92. The van der Waals surface area contributed by atoms with E-state index in [1.165, 1.54) is 53.3 Å². The molecular weight excluding hydrogens is 797 g/mol. The zero-order valence-corrected chi connectivity index (χ0v) is 36.1. The van der Waals surface area contributed by atoms with E-state index in [9.17, 15) is 0 Å². The molecule has 4 heteroatoms. The van der Waals surface area contributed by atoms with Crippen molar-refractivity contribution in [3.8, 4) is 0 Å². The molecule has 1 atom stereocenters. The van der Waals surface area contributed by atoms with Crippen molar-refractivity contribution in [3.05, 3.63) is 247 Å². The Morgan fingerprint density at radius 2 is 1.14 bits per heavy atom. The number of benzene rings is 9. The molecule has 0 saturated carbocycles. The number of thiophene rings is 1. The van der Waals surface area contributed by atoms with Crippen molar-refractivity contribution in [1.82, 2.24) is 0 Å². The molecule has 0 N–H and O–H groups in total. The first kappa shape index (κ1) is 38.0. The van der Waals surface area contributed by atoms with Gasteiger partial charge in [0.2, 0.25) is 0 Å². The third kappa shape index (κ3) is 6.75. The molecule has 64 heavy (non-hydrogen) atoms. The highest BCUT2D eigenvalue weighted by Gasteiger charge is 2.27. The van der Waals surface area contributed by atoms with Gasteiger partial charge in [0, 0.05) is 82.1 Å². The molecule has 0 spiro atoms. The van der Waals surface area contributed by atoms with Crippen LogP contribution in [0.15, 0.2) is 235 Å². The summed E-state index contributed by atoms with van der Waals surface area (Å²) in [6.45, 7) is 0.